The maximum absolute atomic E-state index is 13.9. The quantitative estimate of drug-likeness (QED) is 0.166. The van der Waals surface area contributed by atoms with Crippen LogP contribution in [-0.4, -0.2) is 80.3 Å². The number of para-hydroxylation sites is 1. The SMILES string of the molecule is C/C(Cl)=C(\C=C/CC(=O)NC1(C)CCC[C@@H](Nc2ncc(C(F)(F)F)c(-c3n[nH]c4ccccc34)n2)C1)NC(=O)CC(O)CN(C)C. The molecule has 0 radical (unpaired) electrons. The number of carbonyl (C=O) groups excluding carboxylic acids is 2. The molecular weight excluding hydrogens is 637 g/mol. The van der Waals surface area contributed by atoms with Gasteiger partial charge in [0.25, 0.3) is 0 Å². The number of hydrogen-bond acceptors (Lipinski definition) is 8. The number of hydrogen-bond donors (Lipinski definition) is 5. The molecule has 4 rings (SSSR count). The van der Waals surface area contributed by atoms with Crippen LogP contribution >= 0.6 is 11.6 Å². The first-order chi connectivity index (χ1) is 22.1. The van der Waals surface area contributed by atoms with Crippen molar-refractivity contribution in [1.29, 1.82) is 0 Å². The number of halogens is 4. The van der Waals surface area contributed by atoms with E-state index in [2.05, 4.69) is 36.1 Å². The predicted octanol–water partition coefficient (Wildman–Crippen LogP) is 5.11. The molecule has 1 saturated carbocycles. The van der Waals surface area contributed by atoms with Crippen LogP contribution in [0.15, 0.2) is 53.3 Å². The third-order valence-corrected chi connectivity index (χ3v) is 7.97. The first-order valence-corrected chi connectivity index (χ1v) is 15.6. The molecule has 0 aliphatic heterocycles. The molecule has 0 saturated heterocycles. The zero-order valence-corrected chi connectivity index (χ0v) is 27.5. The van der Waals surface area contributed by atoms with Crippen LogP contribution in [0.4, 0.5) is 19.1 Å². The number of aliphatic hydroxyl groups is 1. The van der Waals surface area contributed by atoms with Crippen molar-refractivity contribution in [3.8, 4) is 11.4 Å². The van der Waals surface area contributed by atoms with Crippen molar-refractivity contribution in [3.63, 3.8) is 0 Å². The highest BCUT2D eigenvalue weighted by molar-refractivity contribution is 6.29. The average molecular weight is 677 g/mol. The topological polar surface area (TPSA) is 148 Å². The molecule has 2 amide bonds. The van der Waals surface area contributed by atoms with E-state index in [1.165, 1.54) is 0 Å². The number of carbonyl (C=O) groups is 2. The van der Waals surface area contributed by atoms with Gasteiger partial charge in [-0.3, -0.25) is 14.7 Å². The number of likely N-dealkylation sites (N-methyl/N-ethyl adjacent to an activating group) is 1. The van der Waals surface area contributed by atoms with Crippen LogP contribution in [0.1, 0.15) is 57.9 Å². The second kappa shape index (κ2) is 15.3. The van der Waals surface area contributed by atoms with E-state index < -0.39 is 29.3 Å². The van der Waals surface area contributed by atoms with Gasteiger partial charge in [0, 0.05) is 41.2 Å². The Kier molecular flexibility index (Phi) is 11.6. The van der Waals surface area contributed by atoms with E-state index in [-0.39, 0.29) is 42.1 Å². The zero-order valence-electron chi connectivity index (χ0n) is 26.7. The van der Waals surface area contributed by atoms with Gasteiger partial charge < -0.3 is 26.0 Å². The molecule has 2 heterocycles. The summed E-state index contributed by atoms with van der Waals surface area (Å²) in [4.78, 5) is 35.3. The minimum Gasteiger partial charge on any atom is -0.391 e. The second-order valence-corrected chi connectivity index (χ2v) is 12.9. The van der Waals surface area contributed by atoms with E-state index in [0.29, 0.717) is 47.4 Å². The van der Waals surface area contributed by atoms with Gasteiger partial charge in [0.1, 0.15) is 17.0 Å². The van der Waals surface area contributed by atoms with Crippen molar-refractivity contribution < 1.29 is 27.9 Å². The van der Waals surface area contributed by atoms with E-state index in [9.17, 15) is 27.9 Å². The van der Waals surface area contributed by atoms with Gasteiger partial charge in [-0.1, -0.05) is 35.9 Å². The van der Waals surface area contributed by atoms with Gasteiger partial charge in [0.15, 0.2) is 0 Å². The number of nitrogens with zero attached hydrogens (tertiary/aromatic N) is 4. The Labute approximate surface area is 276 Å². The van der Waals surface area contributed by atoms with Crippen LogP contribution < -0.4 is 16.0 Å². The highest BCUT2D eigenvalue weighted by atomic mass is 35.5. The molecule has 15 heteroatoms. The molecule has 1 aliphatic carbocycles. The number of aromatic nitrogens is 4. The Balaban J connectivity index is 1.39. The van der Waals surface area contributed by atoms with Crippen molar-refractivity contribution >= 4 is 40.3 Å². The van der Waals surface area contributed by atoms with E-state index in [4.69, 9.17) is 11.6 Å². The number of anilines is 1. The largest absolute Gasteiger partial charge is 0.420 e. The average Bonchev–Trinajstić information content (AvgIpc) is 3.39. The summed E-state index contributed by atoms with van der Waals surface area (Å²) in [5.41, 5.74) is -0.913. The molecule has 1 aromatic carbocycles. The van der Waals surface area contributed by atoms with Crippen molar-refractivity contribution in [2.45, 2.75) is 76.2 Å². The molecule has 2 unspecified atom stereocenters. The lowest BCUT2D eigenvalue weighted by Gasteiger charge is -2.39. The Morgan fingerprint density at radius 1 is 1.23 bits per heavy atom. The molecule has 2 aromatic heterocycles. The van der Waals surface area contributed by atoms with Gasteiger partial charge in [0.2, 0.25) is 17.8 Å². The first-order valence-electron chi connectivity index (χ1n) is 15.2. The zero-order chi connectivity index (χ0) is 34.4. The maximum Gasteiger partial charge on any atom is 0.420 e. The highest BCUT2D eigenvalue weighted by Crippen LogP contribution is 2.38. The molecular formula is C32H40ClF3N8O3. The summed E-state index contributed by atoms with van der Waals surface area (Å²) in [7, 11) is 3.59. The standard InChI is InChI=1S/C32H40ClF3N8O3/c1-19(33)24(39-27(47)15-21(45)18-44(3)4)12-7-13-26(46)41-31(2)14-8-9-20(16-31)38-30-37-17-23(32(34,35)36)29(40-30)28-22-10-5-6-11-25(22)42-43-28/h5-7,10-12,17,20-21,45H,8-9,13-16,18H2,1-4H3,(H,39,47)(H,41,46)(H,42,43)(H,37,38,40)/b12-7-,24-19-/t20-,21?,31?/m1/s1. The summed E-state index contributed by atoms with van der Waals surface area (Å²) in [6, 6.07) is 6.66. The molecule has 1 fully saturated rings. The molecule has 3 aromatic rings. The monoisotopic (exact) mass is 676 g/mol. The van der Waals surface area contributed by atoms with E-state index in [1.54, 1.807) is 62.3 Å². The number of amides is 2. The minimum atomic E-state index is -4.69. The number of nitrogens with one attached hydrogen (secondary N) is 4. The summed E-state index contributed by atoms with van der Waals surface area (Å²) < 4.78 is 41.8. The van der Waals surface area contributed by atoms with Gasteiger partial charge in [-0.15, -0.1) is 0 Å². The number of alkyl halides is 3. The van der Waals surface area contributed by atoms with Crippen molar-refractivity contribution in [2.24, 2.45) is 0 Å². The number of H-pyrrole nitrogens is 1. The summed E-state index contributed by atoms with van der Waals surface area (Å²) in [5.74, 6) is -0.614. The number of aliphatic hydroxyl groups excluding tert-OH is 1. The van der Waals surface area contributed by atoms with Gasteiger partial charge >= 0.3 is 6.18 Å². The molecule has 47 heavy (non-hydrogen) atoms. The van der Waals surface area contributed by atoms with Gasteiger partial charge in [0.05, 0.1) is 23.7 Å². The molecule has 0 spiro atoms. The fourth-order valence-corrected chi connectivity index (χ4v) is 5.81. The highest BCUT2D eigenvalue weighted by Gasteiger charge is 2.37. The predicted molar refractivity (Wildman–Crippen MR) is 174 cm³/mol. The van der Waals surface area contributed by atoms with Crippen LogP contribution in [0, 0.1) is 0 Å². The van der Waals surface area contributed by atoms with Gasteiger partial charge in [-0.2, -0.15) is 18.3 Å². The lowest BCUT2D eigenvalue weighted by Crippen LogP contribution is -2.51. The van der Waals surface area contributed by atoms with E-state index in [0.717, 1.165) is 12.6 Å². The Hall–Kier alpha value is -4.01. The van der Waals surface area contributed by atoms with Crippen LogP contribution in [-0.2, 0) is 15.8 Å². The van der Waals surface area contributed by atoms with E-state index in [1.807, 2.05) is 6.92 Å². The number of allylic oxidation sites excluding steroid dienone is 2. The fraction of sp³-hybridized carbons (Fsp3) is 0.469. The van der Waals surface area contributed by atoms with Crippen LogP contribution in [0.2, 0.25) is 0 Å². The Morgan fingerprint density at radius 2 is 1.98 bits per heavy atom. The number of aromatic amines is 1. The third kappa shape index (κ3) is 9.99. The lowest BCUT2D eigenvalue weighted by molar-refractivity contribution is -0.137. The summed E-state index contributed by atoms with van der Waals surface area (Å²) in [6.45, 7) is 3.86. The van der Waals surface area contributed by atoms with Crippen LogP contribution in [0.5, 0.6) is 0 Å². The Bertz CT molecular complexity index is 1640. The summed E-state index contributed by atoms with van der Waals surface area (Å²) in [6.07, 6.45) is 0.958. The fourth-order valence-electron chi connectivity index (χ4n) is 5.70. The molecule has 5 N–H and O–H groups in total. The lowest BCUT2D eigenvalue weighted by atomic mass is 9.80. The van der Waals surface area contributed by atoms with Gasteiger partial charge in [-0.05, 0) is 65.8 Å². The van der Waals surface area contributed by atoms with Crippen LogP contribution in [0.3, 0.4) is 0 Å². The second-order valence-electron chi connectivity index (χ2n) is 12.3. The first kappa shape index (κ1) is 35.8. The Morgan fingerprint density at radius 3 is 2.68 bits per heavy atom. The molecule has 11 nitrogen and oxygen atoms in total. The summed E-state index contributed by atoms with van der Waals surface area (Å²) >= 11 is 6.14. The van der Waals surface area contributed by atoms with E-state index >= 15 is 0 Å². The molecule has 0 bridgehead atoms. The third-order valence-electron chi connectivity index (χ3n) is 7.77. The van der Waals surface area contributed by atoms with Crippen LogP contribution in [0.25, 0.3) is 22.3 Å². The number of rotatable bonds is 12. The molecule has 1 aliphatic rings. The molecule has 254 valence electrons. The van der Waals surface area contributed by atoms with Crippen molar-refractivity contribution in [2.75, 3.05) is 26.0 Å². The number of fused-ring (bicyclic) bond motifs is 1. The van der Waals surface area contributed by atoms with Crippen molar-refractivity contribution in [3.05, 3.63) is 58.9 Å². The van der Waals surface area contributed by atoms with Gasteiger partial charge in [-0.25, -0.2) is 9.97 Å². The molecule has 3 atom stereocenters. The maximum atomic E-state index is 13.9. The number of benzene rings is 1. The smallest absolute Gasteiger partial charge is 0.391 e. The minimum absolute atomic E-state index is 0.0173. The van der Waals surface area contributed by atoms with Crippen molar-refractivity contribution in [1.82, 2.24) is 35.7 Å². The normalized spacial score (nSPS) is 19.9. The summed E-state index contributed by atoms with van der Waals surface area (Å²) in [5, 5.41) is 26.7.